The van der Waals surface area contributed by atoms with Gasteiger partial charge in [-0.05, 0) is 12.1 Å². The number of amides is 2. The second-order valence-corrected chi connectivity index (χ2v) is 9.00. The van der Waals surface area contributed by atoms with E-state index < -0.39 is 0 Å². The molecule has 2 atom stereocenters. The number of hydrazine groups is 1. The number of nitrogens with zero attached hydrogens (tertiary/aromatic N) is 4. The van der Waals surface area contributed by atoms with Crippen LogP contribution in [0.1, 0.15) is 31.1 Å². The molecular formula is C27H32FN7O2. The zero-order valence-electron chi connectivity index (χ0n) is 21.0. The maximum atomic E-state index is 14.5. The Bertz CT molecular complexity index is 1210. The summed E-state index contributed by atoms with van der Waals surface area (Å²) in [5.41, 5.74) is 5.18. The number of rotatable bonds is 9. The molecule has 4 rings (SSSR count). The lowest BCUT2D eigenvalue weighted by Gasteiger charge is -2.46. The van der Waals surface area contributed by atoms with Crippen molar-refractivity contribution < 1.29 is 14.0 Å². The van der Waals surface area contributed by atoms with Crippen LogP contribution >= 0.6 is 0 Å². The average molecular weight is 506 g/mol. The Morgan fingerprint density at radius 3 is 2.46 bits per heavy atom. The van der Waals surface area contributed by atoms with Crippen molar-refractivity contribution in [1.82, 2.24) is 35.9 Å². The Morgan fingerprint density at radius 1 is 0.973 bits per heavy atom. The van der Waals surface area contributed by atoms with Crippen molar-refractivity contribution in [3.63, 3.8) is 0 Å². The van der Waals surface area contributed by atoms with Crippen molar-refractivity contribution in [2.75, 3.05) is 26.2 Å². The first kappa shape index (κ1) is 26.3. The van der Waals surface area contributed by atoms with Crippen molar-refractivity contribution in [2.45, 2.75) is 32.6 Å². The molecule has 3 N–H and O–H groups in total. The Labute approximate surface area is 216 Å². The van der Waals surface area contributed by atoms with E-state index in [0.717, 1.165) is 11.3 Å². The van der Waals surface area contributed by atoms with Gasteiger partial charge in [0.2, 0.25) is 11.8 Å². The van der Waals surface area contributed by atoms with E-state index in [1.54, 1.807) is 18.3 Å². The first-order valence-corrected chi connectivity index (χ1v) is 12.3. The summed E-state index contributed by atoms with van der Waals surface area (Å²) in [5, 5.41) is 8.07. The highest BCUT2D eigenvalue weighted by molar-refractivity contribution is 5.73. The van der Waals surface area contributed by atoms with Crippen molar-refractivity contribution >= 4 is 11.8 Å². The maximum absolute atomic E-state index is 14.5. The molecule has 9 nitrogen and oxygen atoms in total. The molecule has 10 heteroatoms. The molecule has 194 valence electrons. The quantitative estimate of drug-likeness (QED) is 0.384. The number of nitrogens with one attached hydrogen (secondary N) is 3. The highest BCUT2D eigenvalue weighted by atomic mass is 19.1. The van der Waals surface area contributed by atoms with Gasteiger partial charge < -0.3 is 5.32 Å². The summed E-state index contributed by atoms with van der Waals surface area (Å²) in [6.45, 7) is 5.27. The van der Waals surface area contributed by atoms with E-state index in [1.165, 1.54) is 19.9 Å². The van der Waals surface area contributed by atoms with E-state index in [0.29, 0.717) is 44.1 Å². The van der Waals surface area contributed by atoms with Gasteiger partial charge in [0, 0.05) is 63.9 Å². The van der Waals surface area contributed by atoms with Gasteiger partial charge in [-0.15, -0.1) is 0 Å². The number of piperazine rings is 1. The third-order valence-corrected chi connectivity index (χ3v) is 6.10. The van der Waals surface area contributed by atoms with Gasteiger partial charge in [-0.1, -0.05) is 48.5 Å². The summed E-state index contributed by atoms with van der Waals surface area (Å²) >= 11 is 0. The molecule has 1 aliphatic rings. The predicted octanol–water partition coefficient (Wildman–Crippen LogP) is 2.24. The molecule has 2 unspecified atom stereocenters. The maximum Gasteiger partial charge on any atom is 0.231 e. The van der Waals surface area contributed by atoms with Crippen LogP contribution in [0, 0.1) is 5.82 Å². The minimum absolute atomic E-state index is 0.113. The summed E-state index contributed by atoms with van der Waals surface area (Å²) in [4.78, 5) is 35.0. The summed E-state index contributed by atoms with van der Waals surface area (Å²) in [7, 11) is 0. The Hall–Kier alpha value is -3.73. The molecule has 0 radical (unpaired) electrons. The summed E-state index contributed by atoms with van der Waals surface area (Å²) in [5.74, 6) is 0.00498. The minimum atomic E-state index is -0.340. The van der Waals surface area contributed by atoms with Crippen LogP contribution in [-0.4, -0.2) is 64.0 Å². The Morgan fingerprint density at radius 2 is 1.73 bits per heavy atom. The van der Waals surface area contributed by atoms with E-state index >= 15 is 0 Å². The minimum Gasteiger partial charge on any atom is -0.355 e. The predicted molar refractivity (Wildman–Crippen MR) is 138 cm³/mol. The van der Waals surface area contributed by atoms with Gasteiger partial charge in [0.25, 0.3) is 0 Å². The van der Waals surface area contributed by atoms with Gasteiger partial charge in [0.1, 0.15) is 5.82 Å². The topological polar surface area (TPSA) is 102 Å². The first-order valence-electron chi connectivity index (χ1n) is 12.3. The van der Waals surface area contributed by atoms with Crippen LogP contribution < -0.4 is 16.1 Å². The van der Waals surface area contributed by atoms with Crippen molar-refractivity contribution in [1.29, 1.82) is 0 Å². The zero-order valence-corrected chi connectivity index (χ0v) is 21.0. The van der Waals surface area contributed by atoms with Crippen LogP contribution in [0.3, 0.4) is 0 Å². The average Bonchev–Trinajstić information content (AvgIpc) is 2.89. The van der Waals surface area contributed by atoms with E-state index in [9.17, 15) is 14.0 Å². The molecule has 0 aliphatic carbocycles. The van der Waals surface area contributed by atoms with E-state index in [4.69, 9.17) is 4.98 Å². The largest absolute Gasteiger partial charge is 0.355 e. The zero-order chi connectivity index (χ0) is 26.2. The van der Waals surface area contributed by atoms with Crippen molar-refractivity contribution in [3.8, 4) is 11.4 Å². The van der Waals surface area contributed by atoms with Gasteiger partial charge in [-0.3, -0.25) is 25.2 Å². The number of hydrogen-bond acceptors (Lipinski definition) is 7. The third-order valence-electron chi connectivity index (χ3n) is 6.10. The fourth-order valence-electron chi connectivity index (χ4n) is 4.45. The Kier molecular flexibility index (Phi) is 8.89. The molecule has 37 heavy (non-hydrogen) atoms. The number of halogens is 1. The molecule has 1 saturated heterocycles. The lowest BCUT2D eigenvalue weighted by atomic mass is 10.1. The highest BCUT2D eigenvalue weighted by Gasteiger charge is 2.37. The van der Waals surface area contributed by atoms with Crippen LogP contribution in [0.4, 0.5) is 4.39 Å². The number of aromatic nitrogens is 2. The Balaban J connectivity index is 1.65. The van der Waals surface area contributed by atoms with E-state index in [-0.39, 0.29) is 29.8 Å². The van der Waals surface area contributed by atoms with Gasteiger partial charge in [-0.2, -0.15) is 5.01 Å². The van der Waals surface area contributed by atoms with Crippen molar-refractivity contribution in [3.05, 3.63) is 83.9 Å². The molecule has 2 aromatic carbocycles. The van der Waals surface area contributed by atoms with Crippen LogP contribution in [-0.2, 0) is 16.1 Å². The van der Waals surface area contributed by atoms with Gasteiger partial charge in [0.05, 0.1) is 17.9 Å². The SMILES string of the molecule is CC(=O)NCCNC1CN(Cc2ccccc2F)CC(c2ccnc(-c3ccccc3)n2)N1NC(C)=O. The van der Waals surface area contributed by atoms with Crippen LogP contribution in [0.2, 0.25) is 0 Å². The second-order valence-electron chi connectivity index (χ2n) is 9.00. The molecule has 1 fully saturated rings. The van der Waals surface area contributed by atoms with Gasteiger partial charge in [0.15, 0.2) is 5.82 Å². The molecule has 0 saturated carbocycles. The van der Waals surface area contributed by atoms with Crippen LogP contribution in [0.15, 0.2) is 66.9 Å². The molecule has 1 aliphatic heterocycles. The lowest BCUT2D eigenvalue weighted by molar-refractivity contribution is -0.130. The fourth-order valence-corrected chi connectivity index (χ4v) is 4.45. The van der Waals surface area contributed by atoms with Gasteiger partial charge >= 0.3 is 0 Å². The summed E-state index contributed by atoms with van der Waals surface area (Å²) in [6.07, 6.45) is 1.39. The molecule has 2 heterocycles. The molecule has 3 aromatic rings. The first-order chi connectivity index (χ1) is 17.9. The highest BCUT2D eigenvalue weighted by Crippen LogP contribution is 2.28. The third kappa shape index (κ3) is 7.16. The lowest BCUT2D eigenvalue weighted by Crippen LogP contribution is -2.65. The van der Waals surface area contributed by atoms with E-state index in [2.05, 4.69) is 25.9 Å². The normalized spacial score (nSPS) is 18.4. The molecule has 0 spiro atoms. The molecule has 0 bridgehead atoms. The summed E-state index contributed by atoms with van der Waals surface area (Å²) in [6, 6.07) is 17.9. The standard InChI is InChI=1S/C27H32FN7O2/c1-19(36)29-14-15-30-26-18-34(16-22-10-6-7-11-23(22)28)17-25(35(26)33-20(2)37)24-12-13-31-27(32-24)21-8-4-3-5-9-21/h3-13,25-26,30H,14-18H2,1-2H3,(H,29,36)(H,33,37). The summed E-state index contributed by atoms with van der Waals surface area (Å²) < 4.78 is 14.5. The second kappa shape index (κ2) is 12.5. The van der Waals surface area contributed by atoms with E-state index in [1.807, 2.05) is 47.5 Å². The number of benzene rings is 2. The van der Waals surface area contributed by atoms with Crippen molar-refractivity contribution in [2.24, 2.45) is 0 Å². The van der Waals surface area contributed by atoms with Gasteiger partial charge in [-0.25, -0.2) is 14.4 Å². The molecule has 1 aromatic heterocycles. The number of hydrogen-bond donors (Lipinski definition) is 3. The van der Waals surface area contributed by atoms with Crippen LogP contribution in [0.5, 0.6) is 0 Å². The molecule has 2 amide bonds. The smallest absolute Gasteiger partial charge is 0.231 e. The number of carbonyl (C=O) groups excluding carboxylic acids is 2. The molecular weight excluding hydrogens is 473 g/mol. The van der Waals surface area contributed by atoms with Crippen LogP contribution in [0.25, 0.3) is 11.4 Å². The fraction of sp³-hybridized carbons (Fsp3) is 0.333. The monoisotopic (exact) mass is 505 g/mol. The number of carbonyl (C=O) groups is 2.